The molecule has 1 N–H and O–H groups in total. The van der Waals surface area contributed by atoms with E-state index in [1.807, 2.05) is 6.92 Å². The molecule has 8 nitrogen and oxygen atoms in total. The molecule has 0 atom stereocenters. The van der Waals surface area contributed by atoms with Crippen molar-refractivity contribution < 1.29 is 27.3 Å². The molecule has 0 radical (unpaired) electrons. The second kappa shape index (κ2) is 9.07. The summed E-state index contributed by atoms with van der Waals surface area (Å²) in [6.07, 6.45) is 1.72. The van der Waals surface area contributed by atoms with Crippen molar-refractivity contribution in [2.75, 3.05) is 0 Å². The minimum absolute atomic E-state index is 0.0666. The van der Waals surface area contributed by atoms with Crippen LogP contribution < -0.4 is 10.2 Å². The number of aromatic nitrogens is 1. The topological polar surface area (TPSA) is 115 Å². The Morgan fingerprint density at radius 3 is 2.15 bits per heavy atom. The van der Waals surface area contributed by atoms with E-state index in [-0.39, 0.29) is 16.6 Å². The molecule has 2 rings (SSSR count). The Kier molecular flexibility index (Phi) is 7.41. The first-order valence-electron chi connectivity index (χ1n) is 7.44. The minimum atomic E-state index is -4.02. The predicted molar refractivity (Wildman–Crippen MR) is 94.0 cm³/mol. The lowest BCUT2D eigenvalue weighted by Gasteiger charge is -2.04. The number of carbonyl (C=O) groups excluding carboxylic acids is 2. The lowest BCUT2D eigenvalue weighted by molar-refractivity contribution is -0.132. The molecule has 0 fully saturated rings. The van der Waals surface area contributed by atoms with Crippen LogP contribution >= 0.6 is 0 Å². The van der Waals surface area contributed by atoms with Gasteiger partial charge in [-0.2, -0.15) is 13.4 Å². The highest BCUT2D eigenvalue weighted by atomic mass is 32.2. The normalized spacial score (nSPS) is 11.3. The van der Waals surface area contributed by atoms with Gasteiger partial charge in [-0.3, -0.25) is 14.1 Å². The molecule has 0 unspecified atom stereocenters. The summed E-state index contributed by atoms with van der Waals surface area (Å²) >= 11 is 0. The summed E-state index contributed by atoms with van der Waals surface area (Å²) < 4.78 is 36.1. The molecule has 2 aromatic rings. The summed E-state index contributed by atoms with van der Waals surface area (Å²) in [6, 6.07) is 9.28. The van der Waals surface area contributed by atoms with Crippen LogP contribution in [0.4, 0.5) is 0 Å². The quantitative estimate of drug-likeness (QED) is 0.626. The molecule has 1 amide bonds. The Balaban J connectivity index is 0.000000273. The zero-order valence-electron chi connectivity index (χ0n) is 14.8. The monoisotopic (exact) mass is 380 g/mol. The Bertz CT molecular complexity index is 959. The highest BCUT2D eigenvalue weighted by molar-refractivity contribution is 7.85. The highest BCUT2D eigenvalue weighted by Crippen LogP contribution is 2.08. The van der Waals surface area contributed by atoms with E-state index in [9.17, 15) is 18.0 Å². The summed E-state index contributed by atoms with van der Waals surface area (Å²) in [4.78, 5) is 25.4. The van der Waals surface area contributed by atoms with Crippen LogP contribution in [-0.4, -0.2) is 29.4 Å². The van der Waals surface area contributed by atoms with E-state index in [2.05, 4.69) is 4.99 Å². The fourth-order valence-electron chi connectivity index (χ4n) is 1.81. The van der Waals surface area contributed by atoms with Gasteiger partial charge in [0.1, 0.15) is 0 Å². The third-order valence-electron chi connectivity index (χ3n) is 2.95. The maximum Gasteiger partial charge on any atom is 0.308 e. The average Bonchev–Trinajstić information content (AvgIpc) is 2.50. The Morgan fingerprint density at radius 1 is 1.12 bits per heavy atom. The number of nitrogens with zero attached hydrogens (tertiary/aromatic N) is 2. The van der Waals surface area contributed by atoms with Crippen molar-refractivity contribution in [2.24, 2.45) is 12.0 Å². The fourth-order valence-corrected chi connectivity index (χ4v) is 2.29. The third kappa shape index (κ3) is 6.99. The van der Waals surface area contributed by atoms with Crippen LogP contribution in [0.15, 0.2) is 52.5 Å². The van der Waals surface area contributed by atoms with Gasteiger partial charge in [0.25, 0.3) is 10.1 Å². The lowest BCUT2D eigenvalue weighted by atomic mass is 10.2. The van der Waals surface area contributed by atoms with Crippen molar-refractivity contribution >= 4 is 22.0 Å². The summed E-state index contributed by atoms with van der Waals surface area (Å²) in [5, 5.41) is 0. The fraction of sp³-hybridized carbons (Fsp3) is 0.235. The second-order valence-corrected chi connectivity index (χ2v) is 6.74. The smallest absolute Gasteiger partial charge is 0.308 e. The molecule has 0 bridgehead atoms. The first-order chi connectivity index (χ1) is 12.0. The first kappa shape index (κ1) is 21.3. The molecule has 140 valence electrons. The summed E-state index contributed by atoms with van der Waals surface area (Å²) in [7, 11) is -2.30. The van der Waals surface area contributed by atoms with Crippen LogP contribution in [0.25, 0.3) is 0 Å². The summed E-state index contributed by atoms with van der Waals surface area (Å²) in [6.45, 7) is 4.48. The van der Waals surface area contributed by atoms with E-state index in [1.165, 1.54) is 26.0 Å². The summed E-state index contributed by atoms with van der Waals surface area (Å²) in [5.41, 5.74) is 1.29. The van der Waals surface area contributed by atoms with Crippen LogP contribution in [0.2, 0.25) is 0 Å². The molecule has 0 spiro atoms. The number of rotatable bonds is 2. The molecular formula is C17H20N2O6S. The van der Waals surface area contributed by atoms with Crippen LogP contribution in [-0.2, 0) is 26.8 Å². The van der Waals surface area contributed by atoms with Gasteiger partial charge in [-0.1, -0.05) is 17.7 Å². The van der Waals surface area contributed by atoms with Gasteiger partial charge < -0.3 is 9.30 Å². The van der Waals surface area contributed by atoms with Crippen LogP contribution in [0.3, 0.4) is 0 Å². The molecule has 0 aliphatic carbocycles. The van der Waals surface area contributed by atoms with Gasteiger partial charge in [0.2, 0.25) is 5.91 Å². The van der Waals surface area contributed by atoms with E-state index in [0.29, 0.717) is 5.49 Å². The van der Waals surface area contributed by atoms with Gasteiger partial charge in [0.15, 0.2) is 11.2 Å². The van der Waals surface area contributed by atoms with Crippen molar-refractivity contribution in [2.45, 2.75) is 25.7 Å². The van der Waals surface area contributed by atoms with Gasteiger partial charge in [-0.25, -0.2) is 0 Å². The number of aryl methyl sites for hydroxylation is 2. The van der Waals surface area contributed by atoms with Gasteiger partial charge in [-0.15, -0.1) is 0 Å². The van der Waals surface area contributed by atoms with E-state index in [0.717, 1.165) is 5.56 Å². The van der Waals surface area contributed by atoms with Gasteiger partial charge in [0, 0.05) is 27.1 Å². The Morgan fingerprint density at radius 2 is 1.69 bits per heavy atom. The molecular weight excluding hydrogens is 360 g/mol. The van der Waals surface area contributed by atoms with Crippen molar-refractivity contribution in [3.63, 3.8) is 0 Å². The number of hydrogen-bond donors (Lipinski definition) is 1. The molecule has 0 saturated carbocycles. The predicted octanol–water partition coefficient (Wildman–Crippen LogP) is 1.64. The third-order valence-corrected chi connectivity index (χ3v) is 3.82. The zero-order chi connectivity index (χ0) is 19.9. The van der Waals surface area contributed by atoms with Crippen molar-refractivity contribution in [1.82, 2.24) is 4.57 Å². The number of amides is 1. The molecule has 1 heterocycles. The van der Waals surface area contributed by atoms with Gasteiger partial charge in [0.05, 0.1) is 4.90 Å². The number of esters is 1. The molecule has 1 aromatic heterocycles. The molecule has 1 aromatic carbocycles. The zero-order valence-corrected chi connectivity index (χ0v) is 15.6. The SMILES string of the molecule is CC(=O)N=c1c(OC(C)=O)cccn1C.Cc1ccc(S(=O)(=O)O)cc1. The van der Waals surface area contributed by atoms with E-state index in [4.69, 9.17) is 9.29 Å². The molecule has 0 aliphatic heterocycles. The van der Waals surface area contributed by atoms with E-state index < -0.39 is 16.1 Å². The molecule has 0 saturated heterocycles. The van der Waals surface area contributed by atoms with Crippen LogP contribution in [0.5, 0.6) is 5.75 Å². The molecule has 26 heavy (non-hydrogen) atoms. The standard InChI is InChI=1S/C10H12N2O3.C7H8O3S/c1-7(13)11-10-9(15-8(2)14)5-4-6-12(10)3;1-6-2-4-7(5-3-6)11(8,9)10/h4-6H,1-3H3;2-5H,1H3,(H,8,9,10). The number of pyridine rings is 1. The summed E-state index contributed by atoms with van der Waals surface area (Å²) in [5.74, 6) is -0.505. The first-order valence-corrected chi connectivity index (χ1v) is 8.88. The van der Waals surface area contributed by atoms with Crippen LogP contribution in [0.1, 0.15) is 19.4 Å². The molecule has 0 aliphatic rings. The highest BCUT2D eigenvalue weighted by Gasteiger charge is 2.07. The minimum Gasteiger partial charge on any atom is -0.423 e. The van der Waals surface area contributed by atoms with Crippen molar-refractivity contribution in [3.05, 3.63) is 53.6 Å². The largest absolute Gasteiger partial charge is 0.423 e. The second-order valence-electron chi connectivity index (χ2n) is 5.32. The number of benzene rings is 1. The lowest BCUT2D eigenvalue weighted by Crippen LogP contribution is -2.22. The van der Waals surface area contributed by atoms with Crippen LogP contribution in [0, 0.1) is 6.92 Å². The maximum absolute atomic E-state index is 10.9. The van der Waals surface area contributed by atoms with Gasteiger partial charge >= 0.3 is 5.97 Å². The Hall–Kier alpha value is -2.78. The van der Waals surface area contributed by atoms with Gasteiger partial charge in [-0.05, 0) is 31.2 Å². The van der Waals surface area contributed by atoms with Crippen molar-refractivity contribution in [3.8, 4) is 5.75 Å². The Labute approximate surface area is 151 Å². The number of hydrogen-bond acceptors (Lipinski definition) is 5. The van der Waals surface area contributed by atoms with Crippen molar-refractivity contribution in [1.29, 1.82) is 0 Å². The maximum atomic E-state index is 10.9. The molecule has 9 heteroatoms. The number of carbonyl (C=O) groups is 2. The average molecular weight is 380 g/mol. The van der Waals surface area contributed by atoms with E-state index >= 15 is 0 Å². The van der Waals surface area contributed by atoms with E-state index in [1.54, 1.807) is 42.1 Å². The number of ether oxygens (including phenoxy) is 1.